The second-order valence-corrected chi connectivity index (χ2v) is 9.49. The molecule has 3 N–H and O–H groups in total. The number of likely N-dealkylation sites (tertiary alicyclic amines) is 1. The van der Waals surface area contributed by atoms with Crippen LogP contribution in [0.3, 0.4) is 0 Å². The van der Waals surface area contributed by atoms with Crippen molar-refractivity contribution in [2.75, 3.05) is 54.9 Å². The molecule has 2 aromatic heterocycles. The lowest BCUT2D eigenvalue weighted by Crippen LogP contribution is -2.64. The highest BCUT2D eigenvalue weighted by Crippen LogP contribution is 2.38. The van der Waals surface area contributed by atoms with Crippen molar-refractivity contribution in [1.82, 2.24) is 24.8 Å². The van der Waals surface area contributed by atoms with Crippen LogP contribution in [0.2, 0.25) is 0 Å². The quantitative estimate of drug-likeness (QED) is 0.654. The maximum Gasteiger partial charge on any atom is 0.254 e. The predicted molar refractivity (Wildman–Crippen MR) is 123 cm³/mol. The van der Waals surface area contributed by atoms with Crippen molar-refractivity contribution in [2.45, 2.75) is 44.9 Å². The Bertz CT molecular complexity index is 1050. The minimum Gasteiger partial charge on any atom is -0.381 e. The van der Waals surface area contributed by atoms with E-state index in [2.05, 4.69) is 26.7 Å². The van der Waals surface area contributed by atoms with E-state index in [-0.39, 0.29) is 23.9 Å². The van der Waals surface area contributed by atoms with Crippen molar-refractivity contribution >= 4 is 23.6 Å². The number of amides is 1. The number of aromatic nitrogens is 4. The van der Waals surface area contributed by atoms with Crippen LogP contribution in [0.25, 0.3) is 11.3 Å². The summed E-state index contributed by atoms with van der Waals surface area (Å²) in [7, 11) is 0. The average Bonchev–Trinajstić information content (AvgIpc) is 3.16. The minimum atomic E-state index is -1.36. The summed E-state index contributed by atoms with van der Waals surface area (Å²) in [6, 6.07) is 0.309. The van der Waals surface area contributed by atoms with E-state index in [9.17, 15) is 9.90 Å². The number of morpholine rings is 1. The summed E-state index contributed by atoms with van der Waals surface area (Å²) < 4.78 is 5.60. The SMILES string of the molecule is C[C@H]1COCCN1c1nc(-c2cnc(N)nc2)c2c(n1)N(C1CN(C(=O)C(C)(C)O)C1)CC2. The third-order valence-electron chi connectivity index (χ3n) is 6.53. The van der Waals surface area contributed by atoms with Gasteiger partial charge in [-0.1, -0.05) is 0 Å². The fourth-order valence-electron chi connectivity index (χ4n) is 4.68. The number of nitrogens with zero attached hydrogens (tertiary/aromatic N) is 7. The third-order valence-corrected chi connectivity index (χ3v) is 6.53. The van der Waals surface area contributed by atoms with Gasteiger partial charge < -0.3 is 30.3 Å². The second-order valence-electron chi connectivity index (χ2n) is 9.49. The van der Waals surface area contributed by atoms with Crippen LogP contribution in [0.15, 0.2) is 12.4 Å². The Kier molecular flexibility index (Phi) is 5.32. The molecule has 5 heterocycles. The normalized spacial score (nSPS) is 21.2. The lowest BCUT2D eigenvalue weighted by molar-refractivity contribution is -0.152. The topological polar surface area (TPSA) is 134 Å². The summed E-state index contributed by atoms with van der Waals surface area (Å²) in [4.78, 5) is 36.8. The van der Waals surface area contributed by atoms with E-state index in [1.807, 2.05) is 0 Å². The first-order valence-corrected chi connectivity index (χ1v) is 11.3. The van der Waals surface area contributed by atoms with Gasteiger partial charge in [0.05, 0.1) is 31.0 Å². The fraction of sp³-hybridized carbons (Fsp3) is 0.591. The molecule has 0 bridgehead atoms. The number of carbonyl (C=O) groups excluding carboxylic acids is 1. The van der Waals surface area contributed by atoms with Crippen LogP contribution in [-0.2, 0) is 16.0 Å². The molecule has 2 fully saturated rings. The van der Waals surface area contributed by atoms with E-state index in [1.54, 1.807) is 17.3 Å². The number of nitrogens with two attached hydrogens (primary N) is 1. The number of ether oxygens (including phenoxy) is 1. The van der Waals surface area contributed by atoms with Crippen LogP contribution in [0.1, 0.15) is 26.3 Å². The molecule has 5 rings (SSSR count). The van der Waals surface area contributed by atoms with Crippen LogP contribution in [0.4, 0.5) is 17.7 Å². The van der Waals surface area contributed by atoms with E-state index in [0.717, 1.165) is 42.1 Å². The molecule has 3 aliphatic rings. The van der Waals surface area contributed by atoms with Crippen LogP contribution in [0, 0.1) is 0 Å². The highest BCUT2D eigenvalue weighted by Gasteiger charge is 2.43. The number of nitrogen functional groups attached to an aromatic ring is 1. The molecule has 0 radical (unpaired) electrons. The Labute approximate surface area is 192 Å². The van der Waals surface area contributed by atoms with Gasteiger partial charge in [0.25, 0.3) is 5.91 Å². The molecule has 1 amide bonds. The van der Waals surface area contributed by atoms with Crippen molar-refractivity contribution in [3.8, 4) is 11.3 Å². The molecule has 33 heavy (non-hydrogen) atoms. The summed E-state index contributed by atoms with van der Waals surface area (Å²) in [6.45, 7) is 9.05. The number of hydrogen-bond acceptors (Lipinski definition) is 10. The number of rotatable bonds is 4. The highest BCUT2D eigenvalue weighted by molar-refractivity contribution is 5.85. The summed E-state index contributed by atoms with van der Waals surface area (Å²) >= 11 is 0. The fourth-order valence-corrected chi connectivity index (χ4v) is 4.68. The minimum absolute atomic E-state index is 0.151. The lowest BCUT2D eigenvalue weighted by Gasteiger charge is -2.46. The molecule has 11 nitrogen and oxygen atoms in total. The summed E-state index contributed by atoms with van der Waals surface area (Å²) in [6.07, 6.45) is 4.20. The smallest absolute Gasteiger partial charge is 0.254 e. The Balaban J connectivity index is 1.49. The van der Waals surface area contributed by atoms with Gasteiger partial charge in [-0.25, -0.2) is 15.0 Å². The van der Waals surface area contributed by atoms with Gasteiger partial charge in [0, 0.05) is 49.7 Å². The van der Waals surface area contributed by atoms with Crippen molar-refractivity contribution in [1.29, 1.82) is 0 Å². The van der Waals surface area contributed by atoms with Gasteiger partial charge in [0.2, 0.25) is 11.9 Å². The van der Waals surface area contributed by atoms with Crippen molar-refractivity contribution in [3.05, 3.63) is 18.0 Å². The van der Waals surface area contributed by atoms with Crippen LogP contribution < -0.4 is 15.5 Å². The van der Waals surface area contributed by atoms with Crippen molar-refractivity contribution < 1.29 is 14.6 Å². The molecule has 0 aliphatic carbocycles. The molecular weight excluding hydrogens is 424 g/mol. The first kappa shape index (κ1) is 21.8. The molecule has 2 aromatic rings. The van der Waals surface area contributed by atoms with Crippen LogP contribution in [-0.4, -0.2) is 92.9 Å². The van der Waals surface area contributed by atoms with Gasteiger partial charge in [-0.15, -0.1) is 0 Å². The Morgan fingerprint density at radius 3 is 2.58 bits per heavy atom. The van der Waals surface area contributed by atoms with Crippen molar-refractivity contribution in [2.24, 2.45) is 0 Å². The zero-order valence-corrected chi connectivity index (χ0v) is 19.2. The molecule has 1 atom stereocenters. The Morgan fingerprint density at radius 1 is 1.18 bits per heavy atom. The van der Waals surface area contributed by atoms with E-state index in [1.165, 1.54) is 13.8 Å². The molecule has 176 valence electrons. The van der Waals surface area contributed by atoms with E-state index >= 15 is 0 Å². The number of aliphatic hydroxyl groups is 1. The predicted octanol–water partition coefficient (Wildman–Crippen LogP) is 0.0851. The monoisotopic (exact) mass is 454 g/mol. The number of anilines is 3. The van der Waals surface area contributed by atoms with Crippen LogP contribution >= 0.6 is 0 Å². The number of fused-ring (bicyclic) bond motifs is 1. The third kappa shape index (κ3) is 3.95. The Hall–Kier alpha value is -3.05. The largest absolute Gasteiger partial charge is 0.381 e. The Morgan fingerprint density at radius 2 is 1.91 bits per heavy atom. The average molecular weight is 455 g/mol. The van der Waals surface area contributed by atoms with Gasteiger partial charge in [-0.3, -0.25) is 4.79 Å². The molecule has 0 unspecified atom stereocenters. The summed E-state index contributed by atoms with van der Waals surface area (Å²) in [5, 5.41) is 10.1. The molecular formula is C22H30N8O3. The standard InChI is InChI=1S/C22H30N8O3/c1-13-12-33-7-6-29(13)21-26-17(14-8-24-20(23)25-9-14)16-4-5-30(18(16)27-21)15-10-28(11-15)19(31)22(2,3)32/h8-9,13,15,32H,4-7,10-12H2,1-3H3,(H2,23,24,25)/t13-/m0/s1. The van der Waals surface area contributed by atoms with E-state index in [0.29, 0.717) is 32.3 Å². The lowest BCUT2D eigenvalue weighted by atomic mass is 10.0. The second kappa shape index (κ2) is 8.07. The first-order chi connectivity index (χ1) is 15.7. The van der Waals surface area contributed by atoms with Gasteiger partial charge in [-0.05, 0) is 27.2 Å². The molecule has 3 aliphatic heterocycles. The zero-order chi connectivity index (χ0) is 23.3. The molecule has 0 aromatic carbocycles. The van der Waals surface area contributed by atoms with E-state index < -0.39 is 5.60 Å². The zero-order valence-electron chi connectivity index (χ0n) is 19.2. The molecule has 2 saturated heterocycles. The molecule has 0 saturated carbocycles. The van der Waals surface area contributed by atoms with Gasteiger partial charge >= 0.3 is 0 Å². The van der Waals surface area contributed by atoms with Crippen LogP contribution in [0.5, 0.6) is 0 Å². The summed E-state index contributed by atoms with van der Waals surface area (Å²) in [5.74, 6) is 1.53. The number of hydrogen-bond donors (Lipinski definition) is 2. The highest BCUT2D eigenvalue weighted by atomic mass is 16.5. The number of carbonyl (C=O) groups is 1. The van der Waals surface area contributed by atoms with Gasteiger partial charge in [-0.2, -0.15) is 4.98 Å². The van der Waals surface area contributed by atoms with Crippen molar-refractivity contribution in [3.63, 3.8) is 0 Å². The van der Waals surface area contributed by atoms with Gasteiger partial charge in [0.15, 0.2) is 0 Å². The maximum atomic E-state index is 12.4. The summed E-state index contributed by atoms with van der Waals surface area (Å²) in [5.41, 5.74) is 7.02. The maximum absolute atomic E-state index is 12.4. The molecule has 11 heteroatoms. The van der Waals surface area contributed by atoms with Gasteiger partial charge in [0.1, 0.15) is 11.4 Å². The first-order valence-electron chi connectivity index (χ1n) is 11.3. The van der Waals surface area contributed by atoms with E-state index in [4.69, 9.17) is 20.4 Å². The molecule has 0 spiro atoms.